The summed E-state index contributed by atoms with van der Waals surface area (Å²) in [5.41, 5.74) is 7.16. The van der Waals surface area contributed by atoms with Gasteiger partial charge in [0.15, 0.2) is 0 Å². The highest BCUT2D eigenvalue weighted by Gasteiger charge is 2.25. The fourth-order valence-corrected chi connectivity index (χ4v) is 2.18. The Morgan fingerprint density at radius 1 is 1.41 bits per heavy atom. The minimum atomic E-state index is -0.0343. The van der Waals surface area contributed by atoms with E-state index < -0.39 is 0 Å². The minimum absolute atomic E-state index is 0.0343. The Balaban J connectivity index is 3.24. The fourth-order valence-electron chi connectivity index (χ4n) is 2.18. The number of rotatable bonds is 4. The monoisotopic (exact) mass is 239 g/mol. The first-order valence-electron chi connectivity index (χ1n) is 6.19. The molecular formula is C13H25N3O. The van der Waals surface area contributed by atoms with Crippen molar-refractivity contribution in [3.05, 3.63) is 11.5 Å². The van der Waals surface area contributed by atoms with Gasteiger partial charge in [0.1, 0.15) is 11.6 Å². The molecule has 1 atom stereocenters. The molecule has 1 rings (SSSR count). The summed E-state index contributed by atoms with van der Waals surface area (Å²) >= 11 is 0. The van der Waals surface area contributed by atoms with Gasteiger partial charge in [-0.15, -0.1) is 0 Å². The molecule has 0 radical (unpaired) electrons. The Bertz CT molecular complexity index is 377. The Morgan fingerprint density at radius 2 is 2.00 bits per heavy atom. The van der Waals surface area contributed by atoms with Crippen LogP contribution in [0.15, 0.2) is 0 Å². The topological polar surface area (TPSA) is 53.1 Å². The first-order valence-corrected chi connectivity index (χ1v) is 6.19. The Kier molecular flexibility index (Phi) is 4.20. The summed E-state index contributed by atoms with van der Waals surface area (Å²) in [7, 11) is 1.70. The summed E-state index contributed by atoms with van der Waals surface area (Å²) in [5.74, 6) is 2.06. The third kappa shape index (κ3) is 2.80. The van der Waals surface area contributed by atoms with Crippen molar-refractivity contribution in [1.82, 2.24) is 9.55 Å². The molecule has 0 aliphatic rings. The molecule has 0 bridgehead atoms. The molecule has 0 aliphatic carbocycles. The molecule has 0 amide bonds. The van der Waals surface area contributed by atoms with Gasteiger partial charge in [0.25, 0.3) is 0 Å². The van der Waals surface area contributed by atoms with Crippen LogP contribution < -0.4 is 5.73 Å². The number of nitrogens with two attached hydrogens (primary N) is 1. The van der Waals surface area contributed by atoms with Crippen molar-refractivity contribution in [3.63, 3.8) is 0 Å². The normalized spacial score (nSPS) is 14.0. The van der Waals surface area contributed by atoms with E-state index in [2.05, 4.69) is 44.2 Å². The smallest absolute Gasteiger partial charge is 0.127 e. The van der Waals surface area contributed by atoms with E-state index in [0.717, 1.165) is 23.8 Å². The number of nitrogen functional groups attached to an aromatic ring is 1. The predicted molar refractivity (Wildman–Crippen MR) is 71.3 cm³/mol. The van der Waals surface area contributed by atoms with Gasteiger partial charge in [-0.1, -0.05) is 13.8 Å². The maximum Gasteiger partial charge on any atom is 0.127 e. The highest BCUT2D eigenvalue weighted by atomic mass is 16.5. The van der Waals surface area contributed by atoms with Crippen LogP contribution in [0, 0.1) is 0 Å². The average Bonchev–Trinajstić information content (AvgIpc) is 2.55. The zero-order valence-electron chi connectivity index (χ0n) is 11.9. The molecule has 1 heterocycles. The second-order valence-corrected chi connectivity index (χ2v) is 5.51. The lowest BCUT2D eigenvalue weighted by atomic mass is 10.1. The van der Waals surface area contributed by atoms with Crippen molar-refractivity contribution in [2.24, 2.45) is 0 Å². The second-order valence-electron chi connectivity index (χ2n) is 5.51. The van der Waals surface area contributed by atoms with Gasteiger partial charge in [0.05, 0.1) is 12.3 Å². The van der Waals surface area contributed by atoms with E-state index in [0.29, 0.717) is 6.61 Å². The molecule has 0 saturated carbocycles. The zero-order chi connectivity index (χ0) is 13.2. The number of anilines is 1. The lowest BCUT2D eigenvalue weighted by molar-refractivity contribution is 0.183. The van der Waals surface area contributed by atoms with E-state index in [1.54, 1.807) is 7.11 Å². The van der Waals surface area contributed by atoms with Crippen molar-refractivity contribution in [1.29, 1.82) is 0 Å². The summed E-state index contributed by atoms with van der Waals surface area (Å²) in [6, 6.07) is 0. The first kappa shape index (κ1) is 14.0. The number of aromatic nitrogens is 2. The van der Waals surface area contributed by atoms with Gasteiger partial charge >= 0.3 is 0 Å². The highest BCUT2D eigenvalue weighted by Crippen LogP contribution is 2.29. The lowest BCUT2D eigenvalue weighted by Gasteiger charge is -2.25. The first-order chi connectivity index (χ1) is 7.82. The van der Waals surface area contributed by atoms with Gasteiger partial charge in [0.2, 0.25) is 0 Å². The molecule has 4 nitrogen and oxygen atoms in total. The number of hydrogen-bond donors (Lipinski definition) is 1. The molecule has 0 saturated heterocycles. The van der Waals surface area contributed by atoms with E-state index in [1.807, 2.05) is 0 Å². The maximum absolute atomic E-state index is 6.24. The van der Waals surface area contributed by atoms with Crippen LogP contribution in [0.3, 0.4) is 0 Å². The standard InChI is InChI=1S/C13H25N3O/c1-7-10-15-11(9(2)8-17-6)12(14)16(10)13(3,4)5/h9H,7-8,14H2,1-6H3. The number of methoxy groups -OCH3 is 1. The minimum Gasteiger partial charge on any atom is -0.384 e. The third-order valence-corrected chi connectivity index (χ3v) is 2.88. The number of ether oxygens (including phenoxy) is 1. The number of hydrogen-bond acceptors (Lipinski definition) is 3. The zero-order valence-corrected chi connectivity index (χ0v) is 11.9. The number of imidazole rings is 1. The van der Waals surface area contributed by atoms with Crippen LogP contribution in [-0.2, 0) is 16.7 Å². The van der Waals surface area contributed by atoms with Gasteiger partial charge in [0, 0.05) is 25.0 Å². The third-order valence-electron chi connectivity index (χ3n) is 2.88. The van der Waals surface area contributed by atoms with Crippen LogP contribution in [0.5, 0.6) is 0 Å². The number of nitrogens with zero attached hydrogens (tertiary/aromatic N) is 2. The maximum atomic E-state index is 6.24. The van der Waals surface area contributed by atoms with Crippen LogP contribution >= 0.6 is 0 Å². The van der Waals surface area contributed by atoms with Gasteiger partial charge < -0.3 is 15.0 Å². The van der Waals surface area contributed by atoms with E-state index in [1.165, 1.54) is 0 Å². The van der Waals surface area contributed by atoms with Gasteiger partial charge in [-0.05, 0) is 20.8 Å². The Hall–Kier alpha value is -1.03. The molecule has 1 aromatic rings. The van der Waals surface area contributed by atoms with Crippen LogP contribution in [-0.4, -0.2) is 23.3 Å². The average molecular weight is 239 g/mol. The van der Waals surface area contributed by atoms with Gasteiger partial charge in [-0.3, -0.25) is 0 Å². The molecule has 1 unspecified atom stereocenters. The summed E-state index contributed by atoms with van der Waals surface area (Å²) in [4.78, 5) is 4.67. The van der Waals surface area contributed by atoms with Crippen molar-refractivity contribution < 1.29 is 4.74 Å². The molecule has 1 aromatic heterocycles. The summed E-state index contributed by atoms with van der Waals surface area (Å²) < 4.78 is 7.31. The van der Waals surface area contributed by atoms with Crippen molar-refractivity contribution in [3.8, 4) is 0 Å². The van der Waals surface area contributed by atoms with Crippen molar-refractivity contribution in [2.45, 2.75) is 52.5 Å². The van der Waals surface area contributed by atoms with E-state index >= 15 is 0 Å². The molecule has 0 fully saturated rings. The second kappa shape index (κ2) is 5.08. The summed E-state index contributed by atoms with van der Waals surface area (Å²) in [6.07, 6.45) is 0.890. The SMILES string of the molecule is CCc1nc(C(C)COC)c(N)n1C(C)(C)C. The van der Waals surface area contributed by atoms with E-state index in [-0.39, 0.29) is 11.5 Å². The van der Waals surface area contributed by atoms with Crippen LogP contribution in [0.4, 0.5) is 5.82 Å². The van der Waals surface area contributed by atoms with Crippen LogP contribution in [0.2, 0.25) is 0 Å². The quantitative estimate of drug-likeness (QED) is 0.878. The molecule has 4 heteroatoms. The van der Waals surface area contributed by atoms with Gasteiger partial charge in [-0.2, -0.15) is 0 Å². The summed E-state index contributed by atoms with van der Waals surface area (Å²) in [6.45, 7) is 11.3. The molecule has 2 N–H and O–H groups in total. The Morgan fingerprint density at radius 3 is 2.35 bits per heavy atom. The molecule has 0 spiro atoms. The highest BCUT2D eigenvalue weighted by molar-refractivity contribution is 5.41. The fraction of sp³-hybridized carbons (Fsp3) is 0.769. The Labute approximate surface area is 104 Å². The van der Waals surface area contributed by atoms with Crippen molar-refractivity contribution in [2.75, 3.05) is 19.5 Å². The summed E-state index contributed by atoms with van der Waals surface area (Å²) in [5, 5.41) is 0. The predicted octanol–water partition coefficient (Wildman–Crippen LogP) is 2.53. The lowest BCUT2D eigenvalue weighted by Crippen LogP contribution is -2.25. The number of aryl methyl sites for hydroxylation is 1. The van der Waals surface area contributed by atoms with Crippen LogP contribution in [0.1, 0.15) is 52.1 Å². The van der Waals surface area contributed by atoms with E-state index in [9.17, 15) is 0 Å². The largest absolute Gasteiger partial charge is 0.384 e. The molecule has 17 heavy (non-hydrogen) atoms. The van der Waals surface area contributed by atoms with E-state index in [4.69, 9.17) is 10.5 Å². The molecule has 98 valence electrons. The van der Waals surface area contributed by atoms with Crippen LogP contribution in [0.25, 0.3) is 0 Å². The molecular weight excluding hydrogens is 214 g/mol. The van der Waals surface area contributed by atoms with Gasteiger partial charge in [-0.25, -0.2) is 4.98 Å². The molecule has 0 aromatic carbocycles. The molecule has 0 aliphatic heterocycles. The van der Waals surface area contributed by atoms with Crippen molar-refractivity contribution >= 4 is 5.82 Å².